The average Bonchev–Trinajstić information content (AvgIpc) is 2.29. The van der Waals surface area contributed by atoms with Gasteiger partial charge in [-0.3, -0.25) is 9.47 Å². The predicted molar refractivity (Wildman–Crippen MR) is 59.2 cm³/mol. The molecule has 3 nitrogen and oxygen atoms in total. The number of benzene rings is 1. The molecule has 0 unspecified atom stereocenters. The van der Waals surface area contributed by atoms with E-state index in [1.807, 2.05) is 22.9 Å². The Morgan fingerprint density at radius 3 is 3.00 bits per heavy atom. The second kappa shape index (κ2) is 2.98. The van der Waals surface area contributed by atoms with Crippen molar-refractivity contribution < 1.29 is 0 Å². The van der Waals surface area contributed by atoms with E-state index in [4.69, 9.17) is 0 Å². The van der Waals surface area contributed by atoms with Crippen LogP contribution < -0.4 is 10.9 Å². The van der Waals surface area contributed by atoms with Crippen LogP contribution in [0.15, 0.2) is 47.4 Å². The van der Waals surface area contributed by atoms with Crippen LogP contribution in [0.3, 0.4) is 0 Å². The van der Waals surface area contributed by atoms with Gasteiger partial charge in [0, 0.05) is 23.9 Å². The first-order chi connectivity index (χ1) is 7.34. The highest BCUT2D eigenvalue weighted by molar-refractivity contribution is 5.66. The van der Waals surface area contributed by atoms with E-state index in [0.29, 0.717) is 0 Å². The first-order valence-corrected chi connectivity index (χ1v) is 4.89. The highest BCUT2D eigenvalue weighted by Crippen LogP contribution is 2.25. The quantitative estimate of drug-likeness (QED) is 0.697. The van der Waals surface area contributed by atoms with E-state index in [1.165, 1.54) is 5.56 Å². The molecule has 0 saturated carbocycles. The van der Waals surface area contributed by atoms with Gasteiger partial charge in [0.05, 0.1) is 12.2 Å². The standard InChI is InChI=1S/C12H10N2O/c15-10-5-6-14-12(7-10)11-4-2-1-3-9(11)8-13-14/h1-7,13H,8H2. The SMILES string of the molecule is O=c1ccn2c(c1)-c1ccccc1CN2. The summed E-state index contributed by atoms with van der Waals surface area (Å²) < 4.78 is 1.89. The molecule has 2 aromatic rings. The molecule has 3 rings (SSSR count). The first kappa shape index (κ1) is 8.29. The van der Waals surface area contributed by atoms with Crippen LogP contribution in [-0.2, 0) is 6.54 Å². The zero-order chi connectivity index (χ0) is 10.3. The first-order valence-electron chi connectivity index (χ1n) is 4.89. The van der Waals surface area contributed by atoms with Crippen LogP contribution in [0, 0.1) is 0 Å². The summed E-state index contributed by atoms with van der Waals surface area (Å²) >= 11 is 0. The van der Waals surface area contributed by atoms with Crippen LogP contribution in [0.1, 0.15) is 5.56 Å². The van der Waals surface area contributed by atoms with Crippen molar-refractivity contribution in [2.24, 2.45) is 0 Å². The molecule has 1 aromatic heterocycles. The third-order valence-corrected chi connectivity index (χ3v) is 2.66. The van der Waals surface area contributed by atoms with Crippen molar-refractivity contribution in [1.29, 1.82) is 0 Å². The molecule has 0 amide bonds. The van der Waals surface area contributed by atoms with E-state index in [9.17, 15) is 4.79 Å². The molecule has 2 heterocycles. The lowest BCUT2D eigenvalue weighted by molar-refractivity contribution is 0.814. The summed E-state index contributed by atoms with van der Waals surface area (Å²) in [6.45, 7) is 0.798. The monoisotopic (exact) mass is 198 g/mol. The van der Waals surface area contributed by atoms with E-state index in [1.54, 1.807) is 18.3 Å². The second-order valence-electron chi connectivity index (χ2n) is 3.61. The fourth-order valence-corrected chi connectivity index (χ4v) is 1.92. The third-order valence-electron chi connectivity index (χ3n) is 2.66. The highest BCUT2D eigenvalue weighted by atomic mass is 16.1. The van der Waals surface area contributed by atoms with Gasteiger partial charge in [0.2, 0.25) is 0 Å². The zero-order valence-electron chi connectivity index (χ0n) is 8.10. The summed E-state index contributed by atoms with van der Waals surface area (Å²) in [5.41, 5.74) is 6.56. The smallest absolute Gasteiger partial charge is 0.182 e. The van der Waals surface area contributed by atoms with Crippen molar-refractivity contribution >= 4 is 0 Å². The number of rotatable bonds is 0. The largest absolute Gasteiger partial charge is 0.321 e. The Morgan fingerprint density at radius 1 is 1.20 bits per heavy atom. The molecular weight excluding hydrogens is 188 g/mol. The van der Waals surface area contributed by atoms with Crippen molar-refractivity contribution in [2.75, 3.05) is 5.43 Å². The van der Waals surface area contributed by atoms with Crippen LogP contribution in [0.2, 0.25) is 0 Å². The molecule has 1 aromatic carbocycles. The minimum atomic E-state index is 0.0414. The predicted octanol–water partition coefficient (Wildman–Crippen LogP) is 1.57. The lowest BCUT2D eigenvalue weighted by Gasteiger charge is -2.23. The lowest BCUT2D eigenvalue weighted by Crippen LogP contribution is -2.23. The van der Waals surface area contributed by atoms with E-state index in [0.717, 1.165) is 17.8 Å². The van der Waals surface area contributed by atoms with E-state index in [-0.39, 0.29) is 5.43 Å². The normalized spacial score (nSPS) is 12.5. The second-order valence-corrected chi connectivity index (χ2v) is 3.61. The molecular formula is C12H10N2O. The number of aromatic nitrogens is 1. The van der Waals surface area contributed by atoms with Crippen LogP contribution in [0.25, 0.3) is 11.3 Å². The minimum Gasteiger partial charge on any atom is -0.321 e. The Labute approximate surface area is 87.0 Å². The van der Waals surface area contributed by atoms with Gasteiger partial charge >= 0.3 is 0 Å². The number of hydrogen-bond donors (Lipinski definition) is 1. The van der Waals surface area contributed by atoms with Gasteiger partial charge in [-0.25, -0.2) is 0 Å². The topological polar surface area (TPSA) is 34.0 Å². The molecule has 0 saturated heterocycles. The highest BCUT2D eigenvalue weighted by Gasteiger charge is 2.13. The van der Waals surface area contributed by atoms with Crippen LogP contribution in [0.4, 0.5) is 0 Å². The fraction of sp³-hybridized carbons (Fsp3) is 0.0833. The number of nitrogens with zero attached hydrogens (tertiary/aromatic N) is 1. The van der Waals surface area contributed by atoms with Gasteiger partial charge in [-0.05, 0) is 5.56 Å². The van der Waals surface area contributed by atoms with Crippen molar-refractivity contribution in [3.63, 3.8) is 0 Å². The van der Waals surface area contributed by atoms with Crippen molar-refractivity contribution in [1.82, 2.24) is 4.68 Å². The summed E-state index contributed by atoms with van der Waals surface area (Å²) in [5.74, 6) is 0. The Kier molecular flexibility index (Phi) is 1.65. The Balaban J connectivity index is 2.33. The molecule has 0 fully saturated rings. The minimum absolute atomic E-state index is 0.0414. The third kappa shape index (κ3) is 1.24. The van der Waals surface area contributed by atoms with Gasteiger partial charge in [0.15, 0.2) is 5.43 Å². The number of fused-ring (bicyclic) bond motifs is 3. The van der Waals surface area contributed by atoms with Crippen LogP contribution >= 0.6 is 0 Å². The van der Waals surface area contributed by atoms with Crippen molar-refractivity contribution in [3.8, 4) is 11.3 Å². The van der Waals surface area contributed by atoms with E-state index in [2.05, 4.69) is 11.5 Å². The van der Waals surface area contributed by atoms with E-state index >= 15 is 0 Å². The van der Waals surface area contributed by atoms with Gasteiger partial charge in [0.25, 0.3) is 0 Å². The van der Waals surface area contributed by atoms with Gasteiger partial charge < -0.3 is 5.43 Å². The lowest BCUT2D eigenvalue weighted by atomic mass is 10.0. The number of pyridine rings is 1. The fourth-order valence-electron chi connectivity index (χ4n) is 1.92. The molecule has 1 aliphatic heterocycles. The Hall–Kier alpha value is -2.03. The molecule has 0 aliphatic carbocycles. The number of nitrogens with one attached hydrogen (secondary N) is 1. The summed E-state index contributed by atoms with van der Waals surface area (Å²) in [6, 6.07) is 11.3. The summed E-state index contributed by atoms with van der Waals surface area (Å²) in [6.07, 6.45) is 1.77. The summed E-state index contributed by atoms with van der Waals surface area (Å²) in [4.78, 5) is 11.3. The maximum atomic E-state index is 11.3. The van der Waals surface area contributed by atoms with Gasteiger partial charge in [0.1, 0.15) is 0 Å². The van der Waals surface area contributed by atoms with Crippen LogP contribution in [-0.4, -0.2) is 4.68 Å². The molecule has 15 heavy (non-hydrogen) atoms. The zero-order valence-corrected chi connectivity index (χ0v) is 8.10. The maximum Gasteiger partial charge on any atom is 0.182 e. The molecule has 0 atom stereocenters. The van der Waals surface area contributed by atoms with Crippen LogP contribution in [0.5, 0.6) is 0 Å². The molecule has 0 bridgehead atoms. The van der Waals surface area contributed by atoms with Gasteiger partial charge in [-0.1, -0.05) is 24.3 Å². The molecule has 0 spiro atoms. The molecule has 1 aliphatic rings. The summed E-state index contributed by atoms with van der Waals surface area (Å²) in [7, 11) is 0. The molecule has 74 valence electrons. The molecule has 1 N–H and O–H groups in total. The molecule has 3 heteroatoms. The maximum absolute atomic E-state index is 11.3. The van der Waals surface area contributed by atoms with E-state index < -0.39 is 0 Å². The Morgan fingerprint density at radius 2 is 2.07 bits per heavy atom. The van der Waals surface area contributed by atoms with Gasteiger partial charge in [-0.2, -0.15) is 0 Å². The van der Waals surface area contributed by atoms with Gasteiger partial charge in [-0.15, -0.1) is 0 Å². The number of hydrogen-bond acceptors (Lipinski definition) is 2. The Bertz CT molecular complexity index is 572. The summed E-state index contributed by atoms with van der Waals surface area (Å²) in [5, 5.41) is 0. The average molecular weight is 198 g/mol. The molecule has 0 radical (unpaired) electrons. The van der Waals surface area contributed by atoms with Crippen molar-refractivity contribution in [2.45, 2.75) is 6.54 Å². The van der Waals surface area contributed by atoms with Crippen molar-refractivity contribution in [3.05, 3.63) is 58.4 Å².